The normalized spacial score (nSPS) is 18.6. The Morgan fingerprint density at radius 3 is 2.47 bits per heavy atom. The maximum absolute atomic E-state index is 6.26. The number of anilines is 1. The number of hydrogen-bond acceptors (Lipinski definition) is 3. The van der Waals surface area contributed by atoms with Gasteiger partial charge in [-0.1, -0.05) is 37.1 Å². The van der Waals surface area contributed by atoms with Crippen molar-refractivity contribution in [1.82, 2.24) is 4.90 Å². The molecule has 0 saturated carbocycles. The van der Waals surface area contributed by atoms with Crippen molar-refractivity contribution in [3.05, 3.63) is 29.3 Å². The van der Waals surface area contributed by atoms with Gasteiger partial charge in [-0.05, 0) is 23.8 Å². The van der Waals surface area contributed by atoms with Gasteiger partial charge >= 0.3 is 0 Å². The van der Waals surface area contributed by atoms with Gasteiger partial charge in [-0.3, -0.25) is 4.90 Å². The molecule has 1 aliphatic heterocycles. The maximum atomic E-state index is 6.26. The van der Waals surface area contributed by atoms with Crippen molar-refractivity contribution in [1.29, 1.82) is 0 Å². The molecule has 19 heavy (non-hydrogen) atoms. The molecule has 1 fully saturated rings. The highest BCUT2D eigenvalue weighted by Crippen LogP contribution is 2.26. The molecule has 1 unspecified atom stereocenters. The third kappa shape index (κ3) is 4.04. The minimum absolute atomic E-state index is 0.718. The quantitative estimate of drug-likeness (QED) is 0.832. The lowest BCUT2D eigenvalue weighted by Gasteiger charge is -2.37. The molecule has 0 aliphatic carbocycles. The maximum Gasteiger partial charge on any atom is 0.0639 e. The molecule has 0 amide bonds. The van der Waals surface area contributed by atoms with Gasteiger partial charge in [0.05, 0.1) is 10.7 Å². The monoisotopic (exact) mass is 298 g/mol. The molecule has 1 heterocycles. The van der Waals surface area contributed by atoms with Crippen molar-refractivity contribution >= 4 is 29.9 Å². The van der Waals surface area contributed by atoms with Crippen molar-refractivity contribution in [3.63, 3.8) is 0 Å². The van der Waals surface area contributed by atoms with Gasteiger partial charge in [-0.25, -0.2) is 0 Å². The summed E-state index contributed by atoms with van der Waals surface area (Å²) in [5, 5.41) is 0.859. The predicted octanol–water partition coefficient (Wildman–Crippen LogP) is 3.42. The Kier molecular flexibility index (Phi) is 5.86. The smallest absolute Gasteiger partial charge is 0.0639 e. The van der Waals surface area contributed by atoms with E-state index in [9.17, 15) is 0 Å². The van der Waals surface area contributed by atoms with E-state index in [1.165, 1.54) is 18.7 Å². The predicted molar refractivity (Wildman–Crippen MR) is 87.7 cm³/mol. The van der Waals surface area contributed by atoms with Crippen molar-refractivity contribution < 1.29 is 0 Å². The Bertz CT molecular complexity index is 387. The Balaban J connectivity index is 1.87. The molecule has 1 atom stereocenters. The molecule has 0 bridgehead atoms. The molecule has 2 nitrogen and oxygen atoms in total. The number of rotatable bonds is 5. The first-order valence-corrected chi connectivity index (χ1v) is 8.08. The van der Waals surface area contributed by atoms with Crippen LogP contribution < -0.4 is 4.90 Å². The average molecular weight is 299 g/mol. The van der Waals surface area contributed by atoms with Crippen molar-refractivity contribution in [2.24, 2.45) is 5.92 Å². The summed E-state index contributed by atoms with van der Waals surface area (Å²) in [5.74, 6) is 1.71. The Morgan fingerprint density at radius 1 is 1.21 bits per heavy atom. The van der Waals surface area contributed by atoms with E-state index >= 15 is 0 Å². The van der Waals surface area contributed by atoms with Gasteiger partial charge < -0.3 is 4.90 Å². The van der Waals surface area contributed by atoms with E-state index in [2.05, 4.69) is 41.5 Å². The van der Waals surface area contributed by atoms with Crippen LogP contribution in [0, 0.1) is 5.92 Å². The fourth-order valence-electron chi connectivity index (χ4n) is 2.56. The summed E-state index contributed by atoms with van der Waals surface area (Å²) in [5.41, 5.74) is 1.17. The number of benzene rings is 1. The van der Waals surface area contributed by atoms with Crippen molar-refractivity contribution in [2.45, 2.75) is 13.3 Å². The highest BCUT2D eigenvalue weighted by molar-refractivity contribution is 7.80. The topological polar surface area (TPSA) is 6.48 Å². The molecule has 106 valence electrons. The number of halogens is 1. The molecule has 0 radical (unpaired) electrons. The van der Waals surface area contributed by atoms with Gasteiger partial charge in [0.25, 0.3) is 0 Å². The molecule has 0 spiro atoms. The van der Waals surface area contributed by atoms with Gasteiger partial charge in [-0.15, -0.1) is 0 Å². The van der Waals surface area contributed by atoms with E-state index in [0.717, 1.165) is 42.9 Å². The summed E-state index contributed by atoms with van der Waals surface area (Å²) in [7, 11) is 0. The van der Waals surface area contributed by atoms with Crippen LogP contribution in [0.1, 0.15) is 13.3 Å². The van der Waals surface area contributed by atoms with Crippen LogP contribution >= 0.6 is 24.2 Å². The van der Waals surface area contributed by atoms with E-state index in [0.29, 0.717) is 0 Å². The molecule has 1 aliphatic rings. The van der Waals surface area contributed by atoms with Crippen LogP contribution in [-0.4, -0.2) is 43.4 Å². The number of nitrogens with zero attached hydrogens (tertiary/aromatic N) is 2. The number of hydrogen-bond donors (Lipinski definition) is 1. The van der Waals surface area contributed by atoms with Crippen LogP contribution in [0.3, 0.4) is 0 Å². The first-order valence-electron chi connectivity index (χ1n) is 7.07. The zero-order valence-electron chi connectivity index (χ0n) is 11.6. The summed E-state index contributed by atoms with van der Waals surface area (Å²) in [6.45, 7) is 7.79. The zero-order chi connectivity index (χ0) is 13.7. The highest BCUT2D eigenvalue weighted by atomic mass is 35.5. The Morgan fingerprint density at radius 2 is 1.89 bits per heavy atom. The summed E-state index contributed by atoms with van der Waals surface area (Å²) in [6, 6.07) is 8.13. The van der Waals surface area contributed by atoms with Gasteiger partial charge in [-0.2, -0.15) is 12.6 Å². The lowest BCUT2D eigenvalue weighted by molar-refractivity contribution is 0.224. The molecule has 0 aromatic heterocycles. The van der Waals surface area contributed by atoms with Crippen LogP contribution in [0.2, 0.25) is 5.02 Å². The molecular weight excluding hydrogens is 276 g/mol. The minimum Gasteiger partial charge on any atom is -0.368 e. The van der Waals surface area contributed by atoms with Crippen molar-refractivity contribution in [3.8, 4) is 0 Å². The second-order valence-corrected chi connectivity index (χ2v) is 5.97. The highest BCUT2D eigenvalue weighted by Gasteiger charge is 2.20. The third-order valence-corrected chi connectivity index (χ3v) is 4.75. The average Bonchev–Trinajstić information content (AvgIpc) is 2.46. The van der Waals surface area contributed by atoms with E-state index in [4.69, 9.17) is 11.6 Å². The standard InChI is InChI=1S/C15H23ClN2S/c1-2-13(12-19)11-17-7-9-18(10-8-17)15-6-4-3-5-14(15)16/h3-6,13,19H,2,7-12H2,1H3. The molecule has 2 rings (SSSR count). The van der Waals surface area contributed by atoms with E-state index in [1.54, 1.807) is 0 Å². The van der Waals surface area contributed by atoms with E-state index < -0.39 is 0 Å². The first kappa shape index (κ1) is 15.0. The largest absolute Gasteiger partial charge is 0.368 e. The molecule has 4 heteroatoms. The number of para-hydroxylation sites is 1. The molecule has 1 aromatic carbocycles. The summed E-state index contributed by atoms with van der Waals surface area (Å²) in [6.07, 6.45) is 1.22. The molecular formula is C15H23ClN2S. The van der Waals surface area contributed by atoms with Crippen LogP contribution in [0.15, 0.2) is 24.3 Å². The SMILES string of the molecule is CCC(CS)CN1CCN(c2ccccc2Cl)CC1. The van der Waals surface area contributed by atoms with Crippen LogP contribution in [0.25, 0.3) is 0 Å². The van der Waals surface area contributed by atoms with E-state index in [1.807, 2.05) is 12.1 Å². The Labute approximate surface area is 127 Å². The number of piperazine rings is 1. The lowest BCUT2D eigenvalue weighted by atomic mass is 10.1. The molecule has 1 aromatic rings. The lowest BCUT2D eigenvalue weighted by Crippen LogP contribution is -2.48. The van der Waals surface area contributed by atoms with Crippen molar-refractivity contribution in [2.75, 3.05) is 43.4 Å². The van der Waals surface area contributed by atoms with Gasteiger partial charge in [0.1, 0.15) is 0 Å². The third-order valence-electron chi connectivity index (χ3n) is 3.92. The minimum atomic E-state index is 0.718. The Hall–Kier alpha value is -0.380. The van der Waals surface area contributed by atoms with Gasteiger partial charge in [0, 0.05) is 32.7 Å². The zero-order valence-corrected chi connectivity index (χ0v) is 13.2. The fraction of sp³-hybridized carbons (Fsp3) is 0.600. The van der Waals surface area contributed by atoms with Crippen LogP contribution in [-0.2, 0) is 0 Å². The summed E-state index contributed by atoms with van der Waals surface area (Å²) >= 11 is 10.7. The van der Waals surface area contributed by atoms with Crippen LogP contribution in [0.5, 0.6) is 0 Å². The van der Waals surface area contributed by atoms with Gasteiger partial charge in [0.15, 0.2) is 0 Å². The first-order chi connectivity index (χ1) is 9.24. The molecule has 1 saturated heterocycles. The van der Waals surface area contributed by atoms with Gasteiger partial charge in [0.2, 0.25) is 0 Å². The second kappa shape index (κ2) is 7.41. The molecule has 0 N–H and O–H groups in total. The fourth-order valence-corrected chi connectivity index (χ4v) is 3.19. The summed E-state index contributed by atoms with van der Waals surface area (Å²) in [4.78, 5) is 4.94. The van der Waals surface area contributed by atoms with Crippen LogP contribution in [0.4, 0.5) is 5.69 Å². The second-order valence-electron chi connectivity index (χ2n) is 5.20. The number of thiol groups is 1. The summed E-state index contributed by atoms with van der Waals surface area (Å²) < 4.78 is 0. The van der Waals surface area contributed by atoms with E-state index in [-0.39, 0.29) is 0 Å².